The van der Waals surface area contributed by atoms with Crippen molar-refractivity contribution < 1.29 is 19.1 Å². The zero-order chi connectivity index (χ0) is 18.4. The highest BCUT2D eigenvalue weighted by Crippen LogP contribution is 2.22. The quantitative estimate of drug-likeness (QED) is 0.810. The van der Waals surface area contributed by atoms with Gasteiger partial charge in [0.2, 0.25) is 0 Å². The minimum Gasteiger partial charge on any atom is -0.480 e. The molecule has 0 fully saturated rings. The summed E-state index contributed by atoms with van der Waals surface area (Å²) in [7, 11) is 1.30. The lowest BCUT2D eigenvalue weighted by atomic mass is 10.1. The highest BCUT2D eigenvalue weighted by atomic mass is 16.5. The standard InChI is InChI=1S/C20H23NO4/c1-5-17(25-18-11-10-13(2)12-14(18)3)19(22)21-16-9-7-6-8-15(16)20(23)24-4/h6-12,17H,5H2,1-4H3,(H,21,22)/t17-/m0/s1. The van der Waals surface area contributed by atoms with Crippen molar-refractivity contribution >= 4 is 17.6 Å². The molecule has 2 rings (SSSR count). The number of amides is 1. The monoisotopic (exact) mass is 341 g/mol. The zero-order valence-electron chi connectivity index (χ0n) is 15.0. The van der Waals surface area contributed by atoms with Gasteiger partial charge in [-0.1, -0.05) is 36.8 Å². The molecule has 0 unspecified atom stereocenters. The van der Waals surface area contributed by atoms with Crippen LogP contribution in [-0.4, -0.2) is 25.1 Å². The first-order valence-corrected chi connectivity index (χ1v) is 8.18. The number of rotatable bonds is 6. The summed E-state index contributed by atoms with van der Waals surface area (Å²) in [5.74, 6) is -0.132. The average molecular weight is 341 g/mol. The predicted molar refractivity (Wildman–Crippen MR) is 97.0 cm³/mol. The van der Waals surface area contributed by atoms with Gasteiger partial charge in [0.05, 0.1) is 18.4 Å². The van der Waals surface area contributed by atoms with Crippen LogP contribution in [0.3, 0.4) is 0 Å². The Balaban J connectivity index is 2.17. The Kier molecular flexibility index (Phi) is 6.17. The molecule has 1 atom stereocenters. The molecule has 0 saturated heterocycles. The Morgan fingerprint density at radius 2 is 1.84 bits per heavy atom. The second-order valence-electron chi connectivity index (χ2n) is 5.81. The van der Waals surface area contributed by atoms with Gasteiger partial charge in [0.15, 0.2) is 6.10 Å². The molecular weight excluding hydrogens is 318 g/mol. The van der Waals surface area contributed by atoms with Gasteiger partial charge in [-0.2, -0.15) is 0 Å². The molecule has 0 saturated carbocycles. The maximum atomic E-state index is 12.6. The zero-order valence-corrected chi connectivity index (χ0v) is 15.0. The molecule has 132 valence electrons. The Morgan fingerprint density at radius 1 is 1.12 bits per heavy atom. The van der Waals surface area contributed by atoms with Crippen LogP contribution in [0.15, 0.2) is 42.5 Å². The molecule has 2 aromatic carbocycles. The van der Waals surface area contributed by atoms with Crippen molar-refractivity contribution in [1.29, 1.82) is 0 Å². The minimum absolute atomic E-state index is 0.305. The Bertz CT molecular complexity index is 770. The van der Waals surface area contributed by atoms with E-state index >= 15 is 0 Å². The average Bonchev–Trinajstić information content (AvgIpc) is 2.60. The fourth-order valence-corrected chi connectivity index (χ4v) is 2.50. The van der Waals surface area contributed by atoms with Crippen molar-refractivity contribution in [2.45, 2.75) is 33.3 Å². The largest absolute Gasteiger partial charge is 0.480 e. The summed E-state index contributed by atoms with van der Waals surface area (Å²) in [6, 6.07) is 12.5. The van der Waals surface area contributed by atoms with E-state index in [1.165, 1.54) is 7.11 Å². The van der Waals surface area contributed by atoms with E-state index in [4.69, 9.17) is 9.47 Å². The van der Waals surface area contributed by atoms with Gasteiger partial charge >= 0.3 is 5.97 Å². The van der Waals surface area contributed by atoms with Crippen LogP contribution >= 0.6 is 0 Å². The van der Waals surface area contributed by atoms with Gasteiger partial charge in [-0.25, -0.2) is 4.79 Å². The van der Waals surface area contributed by atoms with E-state index in [1.54, 1.807) is 24.3 Å². The van der Waals surface area contributed by atoms with Crippen LogP contribution in [0.5, 0.6) is 5.75 Å². The van der Waals surface area contributed by atoms with E-state index < -0.39 is 12.1 Å². The van der Waals surface area contributed by atoms with E-state index in [9.17, 15) is 9.59 Å². The number of nitrogens with one attached hydrogen (secondary N) is 1. The first-order valence-electron chi connectivity index (χ1n) is 8.18. The summed E-state index contributed by atoms with van der Waals surface area (Å²) in [5.41, 5.74) is 2.82. The Labute approximate surface area is 148 Å². The molecule has 0 aliphatic rings. The molecule has 2 aromatic rings. The first kappa shape index (κ1) is 18.5. The van der Waals surface area contributed by atoms with Gasteiger partial charge in [-0.3, -0.25) is 4.79 Å². The smallest absolute Gasteiger partial charge is 0.339 e. The second kappa shape index (κ2) is 8.33. The van der Waals surface area contributed by atoms with Crippen molar-refractivity contribution in [2.75, 3.05) is 12.4 Å². The van der Waals surface area contributed by atoms with E-state index in [0.29, 0.717) is 23.4 Å². The number of benzene rings is 2. The molecule has 25 heavy (non-hydrogen) atoms. The van der Waals surface area contributed by atoms with Crippen LogP contribution in [0, 0.1) is 13.8 Å². The van der Waals surface area contributed by atoms with Gasteiger partial charge < -0.3 is 14.8 Å². The number of carbonyl (C=O) groups excluding carboxylic acids is 2. The Morgan fingerprint density at radius 3 is 2.48 bits per heavy atom. The van der Waals surface area contributed by atoms with Gasteiger partial charge in [0.1, 0.15) is 5.75 Å². The van der Waals surface area contributed by atoms with Crippen molar-refractivity contribution in [3.05, 3.63) is 59.2 Å². The van der Waals surface area contributed by atoms with Gasteiger partial charge in [-0.15, -0.1) is 0 Å². The van der Waals surface area contributed by atoms with E-state index in [2.05, 4.69) is 5.32 Å². The number of esters is 1. The van der Waals surface area contributed by atoms with Gasteiger partial charge in [0.25, 0.3) is 5.91 Å². The van der Waals surface area contributed by atoms with Crippen LogP contribution < -0.4 is 10.1 Å². The Hall–Kier alpha value is -2.82. The SMILES string of the molecule is CC[C@H](Oc1ccc(C)cc1C)C(=O)Nc1ccccc1C(=O)OC. The molecule has 0 aliphatic carbocycles. The molecule has 0 bridgehead atoms. The number of anilines is 1. The molecule has 0 spiro atoms. The van der Waals surface area contributed by atoms with Crippen LogP contribution in [-0.2, 0) is 9.53 Å². The van der Waals surface area contributed by atoms with Crippen molar-refractivity contribution in [3.63, 3.8) is 0 Å². The molecule has 1 amide bonds. The summed E-state index contributed by atoms with van der Waals surface area (Å²) in [5, 5.41) is 2.76. The van der Waals surface area contributed by atoms with Crippen LogP contribution in [0.4, 0.5) is 5.69 Å². The van der Waals surface area contributed by atoms with Crippen molar-refractivity contribution in [3.8, 4) is 5.75 Å². The third-order valence-electron chi connectivity index (χ3n) is 3.85. The third kappa shape index (κ3) is 4.59. The van der Waals surface area contributed by atoms with Crippen LogP contribution in [0.2, 0.25) is 0 Å². The first-order chi connectivity index (χ1) is 12.0. The summed E-state index contributed by atoms with van der Waals surface area (Å²) in [4.78, 5) is 24.4. The highest BCUT2D eigenvalue weighted by molar-refractivity contribution is 6.02. The van der Waals surface area contributed by atoms with Gasteiger partial charge in [-0.05, 0) is 44.0 Å². The summed E-state index contributed by atoms with van der Waals surface area (Å²) >= 11 is 0. The lowest BCUT2D eigenvalue weighted by Crippen LogP contribution is -2.33. The molecule has 0 aromatic heterocycles. The third-order valence-corrected chi connectivity index (χ3v) is 3.85. The maximum Gasteiger partial charge on any atom is 0.339 e. The topological polar surface area (TPSA) is 64.6 Å². The maximum absolute atomic E-state index is 12.6. The van der Waals surface area contributed by atoms with E-state index in [0.717, 1.165) is 11.1 Å². The van der Waals surface area contributed by atoms with E-state index in [-0.39, 0.29) is 5.91 Å². The summed E-state index contributed by atoms with van der Waals surface area (Å²) in [6.07, 6.45) is -0.161. The number of carbonyl (C=O) groups is 2. The summed E-state index contributed by atoms with van der Waals surface area (Å²) < 4.78 is 10.6. The number of para-hydroxylation sites is 1. The molecule has 0 aliphatic heterocycles. The predicted octanol–water partition coefficient (Wildman–Crippen LogP) is 3.89. The van der Waals surface area contributed by atoms with E-state index in [1.807, 2.05) is 39.0 Å². The van der Waals surface area contributed by atoms with Crippen molar-refractivity contribution in [2.24, 2.45) is 0 Å². The number of aryl methyl sites for hydroxylation is 2. The molecule has 5 heteroatoms. The number of ether oxygens (including phenoxy) is 2. The normalized spacial score (nSPS) is 11.5. The number of hydrogen-bond donors (Lipinski definition) is 1. The lowest BCUT2D eigenvalue weighted by Gasteiger charge is -2.19. The molecule has 0 heterocycles. The molecular formula is C20H23NO4. The van der Waals surface area contributed by atoms with Crippen LogP contribution in [0.25, 0.3) is 0 Å². The molecule has 5 nitrogen and oxygen atoms in total. The number of hydrogen-bond acceptors (Lipinski definition) is 4. The van der Waals surface area contributed by atoms with Crippen LogP contribution in [0.1, 0.15) is 34.8 Å². The number of methoxy groups -OCH3 is 1. The van der Waals surface area contributed by atoms with Gasteiger partial charge in [0, 0.05) is 0 Å². The summed E-state index contributed by atoms with van der Waals surface area (Å²) in [6.45, 7) is 5.82. The highest BCUT2D eigenvalue weighted by Gasteiger charge is 2.21. The second-order valence-corrected chi connectivity index (χ2v) is 5.81. The lowest BCUT2D eigenvalue weighted by molar-refractivity contribution is -0.122. The minimum atomic E-state index is -0.660. The van der Waals surface area contributed by atoms with Crippen molar-refractivity contribution in [1.82, 2.24) is 0 Å². The molecule has 1 N–H and O–H groups in total. The fourth-order valence-electron chi connectivity index (χ4n) is 2.50. The molecule has 0 radical (unpaired) electrons. The fraction of sp³-hybridized carbons (Fsp3) is 0.300.